The smallest absolute Gasteiger partial charge is 0.478 e. The van der Waals surface area contributed by atoms with Gasteiger partial charge in [0.2, 0.25) is 0 Å². The zero-order chi connectivity index (χ0) is 23.8. The van der Waals surface area contributed by atoms with Crippen molar-refractivity contribution in [1.82, 2.24) is 0 Å². The average molecular weight is 508 g/mol. The summed E-state index contributed by atoms with van der Waals surface area (Å²) in [6.45, 7) is 0. The molecule has 2 aromatic rings. The van der Waals surface area contributed by atoms with E-state index in [9.17, 15) is 53.1 Å². The van der Waals surface area contributed by atoms with Crippen molar-refractivity contribution >= 4 is 37.4 Å². The Labute approximate surface area is 175 Å². The van der Waals surface area contributed by atoms with Crippen molar-refractivity contribution in [2.24, 2.45) is 0 Å². The lowest BCUT2D eigenvalue weighted by Gasteiger charge is -2.12. The summed E-state index contributed by atoms with van der Waals surface area (Å²) in [4.78, 5) is 8.85. The van der Waals surface area contributed by atoms with Gasteiger partial charge >= 0.3 is 17.0 Å². The number of hydrogen-bond donors (Lipinski definition) is 1. The highest BCUT2D eigenvalue weighted by atomic mass is 32.2. The molecule has 0 aliphatic heterocycles. The molecule has 1 N–H and O–H groups in total. The van der Waals surface area contributed by atoms with Crippen LogP contribution in [0, 0.1) is 0 Å². The molecule has 0 heterocycles. The molecule has 15 heteroatoms. The van der Waals surface area contributed by atoms with Gasteiger partial charge in [0.05, 0.1) is 15.4 Å². The van der Waals surface area contributed by atoms with E-state index in [4.69, 9.17) is 0 Å². The first-order valence-corrected chi connectivity index (χ1v) is 11.7. The number of carboxylic acids is 1. The fourth-order valence-corrected chi connectivity index (χ4v) is 4.79. The monoisotopic (exact) mass is 508 g/mol. The van der Waals surface area contributed by atoms with Gasteiger partial charge in [-0.05, 0) is 35.9 Å². The normalized spacial score (nSPS) is 13.2. The van der Waals surface area contributed by atoms with Gasteiger partial charge in [-0.1, -0.05) is 12.1 Å². The Morgan fingerprint density at radius 2 is 1.35 bits per heavy atom. The number of halogens is 6. The molecule has 31 heavy (non-hydrogen) atoms. The first-order valence-electron chi connectivity index (χ1n) is 7.70. The Hall–Kier alpha value is -2.26. The molecule has 0 aliphatic rings. The fraction of sp³-hybridized carbons (Fsp3) is 0.188. The number of thioether (sulfide) groups is 1. The van der Waals surface area contributed by atoms with Gasteiger partial charge in [0, 0.05) is 10.6 Å². The van der Waals surface area contributed by atoms with Gasteiger partial charge in [-0.2, -0.15) is 26.3 Å². The van der Waals surface area contributed by atoms with Crippen LogP contribution in [0.15, 0.2) is 57.2 Å². The lowest BCUT2D eigenvalue weighted by Crippen LogP contribution is -2.23. The van der Waals surface area contributed by atoms with Crippen LogP contribution in [0.25, 0.3) is 0 Å². The molecule has 0 amide bonds. The minimum Gasteiger partial charge on any atom is -0.478 e. The highest BCUT2D eigenvalue weighted by Crippen LogP contribution is 2.35. The number of rotatable bonds is 6. The van der Waals surface area contributed by atoms with E-state index in [0.29, 0.717) is 23.9 Å². The number of benzene rings is 2. The van der Waals surface area contributed by atoms with Crippen molar-refractivity contribution in [2.75, 3.05) is 0 Å². The van der Waals surface area contributed by atoms with E-state index in [0.717, 1.165) is 24.3 Å². The number of alkyl halides is 6. The zero-order valence-corrected chi connectivity index (χ0v) is 17.2. The van der Waals surface area contributed by atoms with Crippen molar-refractivity contribution < 1.29 is 53.1 Å². The summed E-state index contributed by atoms with van der Waals surface area (Å²) >= 11 is 0.649. The molecule has 0 fully saturated rings. The van der Waals surface area contributed by atoms with Gasteiger partial charge < -0.3 is 5.11 Å². The molecule has 0 spiro atoms. The van der Waals surface area contributed by atoms with Gasteiger partial charge in [-0.25, -0.2) is 21.6 Å². The Balaban J connectivity index is 2.37. The molecular formula is C16H10F6O6S3. The third-order valence-electron chi connectivity index (χ3n) is 3.70. The van der Waals surface area contributed by atoms with Crippen molar-refractivity contribution in [3.63, 3.8) is 0 Å². The van der Waals surface area contributed by atoms with Crippen molar-refractivity contribution in [2.45, 2.75) is 31.5 Å². The van der Waals surface area contributed by atoms with Crippen molar-refractivity contribution in [3.05, 3.63) is 53.6 Å². The molecule has 0 aliphatic carbocycles. The zero-order valence-electron chi connectivity index (χ0n) is 14.7. The summed E-state index contributed by atoms with van der Waals surface area (Å²) < 4.78 is 122. The molecule has 0 radical (unpaired) electrons. The molecule has 0 atom stereocenters. The predicted molar refractivity (Wildman–Crippen MR) is 95.9 cm³/mol. The van der Waals surface area contributed by atoms with Crippen LogP contribution in [0.4, 0.5) is 26.3 Å². The molecule has 0 aromatic heterocycles. The van der Waals surface area contributed by atoms with E-state index in [1.54, 1.807) is 0 Å². The lowest BCUT2D eigenvalue weighted by molar-refractivity contribution is -0.0442. The van der Waals surface area contributed by atoms with Crippen LogP contribution in [0.1, 0.15) is 15.9 Å². The molecule has 6 nitrogen and oxygen atoms in total. The second-order valence-corrected chi connectivity index (χ2v) is 10.7. The topological polar surface area (TPSA) is 106 Å². The molecule has 0 saturated carbocycles. The third kappa shape index (κ3) is 5.15. The average Bonchev–Trinajstić information content (AvgIpc) is 2.64. The van der Waals surface area contributed by atoms with Crippen LogP contribution < -0.4 is 0 Å². The molecule has 0 bridgehead atoms. The van der Waals surface area contributed by atoms with Gasteiger partial charge in [0.25, 0.3) is 19.7 Å². The highest BCUT2D eigenvalue weighted by molar-refractivity contribution is 7.98. The summed E-state index contributed by atoms with van der Waals surface area (Å²) in [6.07, 6.45) is 0. The number of carboxylic acid groups (broad SMARTS) is 1. The summed E-state index contributed by atoms with van der Waals surface area (Å²) in [6, 6.07) is 5.40. The van der Waals surface area contributed by atoms with Crippen LogP contribution >= 0.6 is 11.8 Å². The van der Waals surface area contributed by atoms with Crippen LogP contribution in [0.2, 0.25) is 0 Å². The van der Waals surface area contributed by atoms with Crippen LogP contribution in [-0.2, 0) is 25.4 Å². The molecule has 0 unspecified atom stereocenters. The van der Waals surface area contributed by atoms with E-state index >= 15 is 0 Å². The summed E-state index contributed by atoms with van der Waals surface area (Å²) in [5.41, 5.74) is -11.9. The number of sulfone groups is 2. The lowest BCUT2D eigenvalue weighted by atomic mass is 10.2. The van der Waals surface area contributed by atoms with Crippen molar-refractivity contribution in [3.8, 4) is 0 Å². The largest absolute Gasteiger partial charge is 0.501 e. The van der Waals surface area contributed by atoms with Gasteiger partial charge in [0.1, 0.15) is 0 Å². The standard InChI is InChI=1S/C16H10F6O6S3/c17-15(18,19)30(25,26)10-3-1-2-9(6-10)8-29-13-5-4-11(7-12(13)14(23)24)31(27,28)16(20,21)22/h1-7H,8H2,(H,23,24). The van der Waals surface area contributed by atoms with Crippen LogP contribution in [-0.4, -0.2) is 38.9 Å². The first-order chi connectivity index (χ1) is 14.0. The maximum absolute atomic E-state index is 12.7. The molecule has 2 rings (SSSR count). The highest BCUT2D eigenvalue weighted by Gasteiger charge is 2.47. The fourth-order valence-electron chi connectivity index (χ4n) is 2.20. The SMILES string of the molecule is O=C(O)c1cc(S(=O)(=O)C(F)(F)F)ccc1SCc1cccc(S(=O)(=O)C(F)(F)F)c1. The Morgan fingerprint density at radius 1 is 0.839 bits per heavy atom. The van der Waals surface area contributed by atoms with Crippen molar-refractivity contribution in [1.29, 1.82) is 0 Å². The quantitative estimate of drug-likeness (QED) is 0.459. The summed E-state index contributed by atoms with van der Waals surface area (Å²) in [7, 11) is -11.4. The number of hydrogen-bond acceptors (Lipinski definition) is 6. The third-order valence-corrected chi connectivity index (χ3v) is 7.82. The van der Waals surface area contributed by atoms with Gasteiger partial charge in [0.15, 0.2) is 0 Å². The summed E-state index contributed by atoms with van der Waals surface area (Å²) in [5, 5.41) is 9.20. The maximum Gasteiger partial charge on any atom is 0.501 e. The Bertz CT molecular complexity index is 1220. The Morgan fingerprint density at radius 3 is 1.84 bits per heavy atom. The van der Waals surface area contributed by atoms with E-state index in [2.05, 4.69) is 0 Å². The van der Waals surface area contributed by atoms with Gasteiger partial charge in [-0.15, -0.1) is 11.8 Å². The minimum atomic E-state index is -5.80. The molecule has 2 aromatic carbocycles. The van der Waals surface area contributed by atoms with Crippen LogP contribution in [0.3, 0.4) is 0 Å². The van der Waals surface area contributed by atoms with E-state index in [-0.39, 0.29) is 16.2 Å². The molecular weight excluding hydrogens is 498 g/mol. The predicted octanol–water partition coefficient (Wildman–Crippen LogP) is 4.26. The van der Waals surface area contributed by atoms with E-state index < -0.39 is 52.0 Å². The summed E-state index contributed by atoms with van der Waals surface area (Å²) in [5.74, 6) is -2.00. The first kappa shape index (κ1) is 25.0. The second-order valence-electron chi connectivity index (χ2n) is 5.80. The van der Waals surface area contributed by atoms with Gasteiger partial charge in [-0.3, -0.25) is 0 Å². The molecule has 0 saturated heterocycles. The second kappa shape index (κ2) is 8.35. The number of aromatic carboxylic acids is 1. The maximum atomic E-state index is 12.7. The number of carbonyl (C=O) groups is 1. The van der Waals surface area contributed by atoms with E-state index in [1.807, 2.05) is 0 Å². The van der Waals surface area contributed by atoms with E-state index in [1.165, 1.54) is 6.07 Å². The minimum absolute atomic E-state index is 0.0404. The Kier molecular flexibility index (Phi) is 6.73. The van der Waals surface area contributed by atoms with Crippen LogP contribution in [0.5, 0.6) is 0 Å². The molecule has 170 valence electrons.